The van der Waals surface area contributed by atoms with Gasteiger partial charge in [0.2, 0.25) is 5.91 Å². The molecular formula is C28H20ClF3N2O4S. The van der Waals surface area contributed by atoms with Crippen molar-refractivity contribution >= 4 is 60.8 Å². The molecule has 0 bridgehead atoms. The van der Waals surface area contributed by atoms with Gasteiger partial charge in [-0.3, -0.25) is 9.10 Å². The molecule has 6 nitrogen and oxygen atoms in total. The number of anilines is 2. The lowest BCUT2D eigenvalue weighted by atomic mass is 10.1. The molecule has 5 aromatic rings. The van der Waals surface area contributed by atoms with E-state index in [0.717, 1.165) is 28.5 Å². The predicted octanol–water partition coefficient (Wildman–Crippen LogP) is 7.40. The molecule has 1 N–H and O–H groups in total. The standard InChI is InChI=1S/C28H20ClF3N2O4S/c1-17-6-10-20(11-7-17)39(36,37)34(19-9-13-24(29)23(15-19)28(30,31)32)16-27(35)33-18-8-12-22-21-4-2-3-5-25(21)38-26(22)14-18/h2-15H,16H2,1H3,(H,33,35). The Balaban J connectivity index is 1.50. The van der Waals surface area contributed by atoms with Crippen molar-refractivity contribution in [2.75, 3.05) is 16.2 Å². The number of hydrogen-bond acceptors (Lipinski definition) is 4. The summed E-state index contributed by atoms with van der Waals surface area (Å²) in [5, 5.41) is 3.74. The Bertz CT molecular complexity index is 1820. The number of nitrogens with zero attached hydrogens (tertiary/aromatic N) is 1. The molecule has 1 heterocycles. The van der Waals surface area contributed by atoms with Crippen molar-refractivity contribution < 1.29 is 30.8 Å². The Kier molecular flexibility index (Phi) is 6.77. The lowest BCUT2D eigenvalue weighted by molar-refractivity contribution is -0.137. The van der Waals surface area contributed by atoms with E-state index in [1.165, 1.54) is 12.1 Å². The quantitative estimate of drug-likeness (QED) is 0.230. The van der Waals surface area contributed by atoms with Crippen LogP contribution in [0.15, 0.2) is 94.2 Å². The van der Waals surface area contributed by atoms with Crippen LogP contribution in [0.4, 0.5) is 24.5 Å². The SMILES string of the molecule is Cc1ccc(S(=O)(=O)N(CC(=O)Nc2ccc3c(c2)oc2ccccc23)c2ccc(Cl)c(C(F)(F)F)c2)cc1. The Morgan fingerprint density at radius 1 is 0.923 bits per heavy atom. The van der Waals surface area contributed by atoms with E-state index in [9.17, 15) is 26.4 Å². The Morgan fingerprint density at radius 3 is 2.33 bits per heavy atom. The molecule has 4 aromatic carbocycles. The summed E-state index contributed by atoms with van der Waals surface area (Å²) in [6, 6.07) is 20.8. The monoisotopic (exact) mass is 572 g/mol. The highest BCUT2D eigenvalue weighted by Crippen LogP contribution is 2.38. The molecule has 0 atom stereocenters. The van der Waals surface area contributed by atoms with E-state index in [2.05, 4.69) is 5.32 Å². The summed E-state index contributed by atoms with van der Waals surface area (Å²) in [5.41, 5.74) is 0.688. The number of rotatable bonds is 6. The summed E-state index contributed by atoms with van der Waals surface area (Å²) in [5.74, 6) is -0.773. The average molecular weight is 573 g/mol. The summed E-state index contributed by atoms with van der Waals surface area (Å²) >= 11 is 5.75. The van der Waals surface area contributed by atoms with Gasteiger partial charge in [0.15, 0.2) is 0 Å². The molecule has 0 aliphatic rings. The third-order valence-corrected chi connectivity index (χ3v) is 8.22. The summed E-state index contributed by atoms with van der Waals surface area (Å²) in [6.07, 6.45) is -4.84. The van der Waals surface area contributed by atoms with Crippen molar-refractivity contribution in [2.24, 2.45) is 0 Å². The van der Waals surface area contributed by atoms with Gasteiger partial charge in [0.1, 0.15) is 17.7 Å². The van der Waals surface area contributed by atoms with Gasteiger partial charge in [-0.25, -0.2) is 8.42 Å². The zero-order valence-corrected chi connectivity index (χ0v) is 21.9. The van der Waals surface area contributed by atoms with Gasteiger partial charge < -0.3 is 9.73 Å². The van der Waals surface area contributed by atoms with Crippen LogP contribution in [0, 0.1) is 6.92 Å². The maximum atomic E-state index is 13.6. The normalized spacial score (nSPS) is 12.1. The molecule has 0 saturated carbocycles. The first-order valence-corrected chi connectivity index (χ1v) is 13.4. The zero-order valence-electron chi connectivity index (χ0n) is 20.3. The first-order valence-electron chi connectivity index (χ1n) is 11.6. The summed E-state index contributed by atoms with van der Waals surface area (Å²) in [6.45, 7) is 0.961. The third-order valence-electron chi connectivity index (χ3n) is 6.10. The van der Waals surface area contributed by atoms with E-state index in [1.807, 2.05) is 24.3 Å². The van der Waals surface area contributed by atoms with Gasteiger partial charge >= 0.3 is 6.18 Å². The molecule has 11 heteroatoms. The van der Waals surface area contributed by atoms with Crippen molar-refractivity contribution in [3.05, 3.63) is 101 Å². The average Bonchev–Trinajstić information content (AvgIpc) is 3.25. The second-order valence-corrected chi connectivity index (χ2v) is 11.1. The van der Waals surface area contributed by atoms with Crippen molar-refractivity contribution in [1.29, 1.82) is 0 Å². The van der Waals surface area contributed by atoms with Crippen LogP contribution in [0.3, 0.4) is 0 Å². The zero-order chi connectivity index (χ0) is 27.9. The van der Waals surface area contributed by atoms with Crippen LogP contribution in [0.25, 0.3) is 21.9 Å². The number of sulfonamides is 1. The number of fused-ring (bicyclic) bond motifs is 3. The van der Waals surface area contributed by atoms with Gasteiger partial charge in [0, 0.05) is 22.5 Å². The smallest absolute Gasteiger partial charge is 0.417 e. The number of benzene rings is 4. The summed E-state index contributed by atoms with van der Waals surface area (Å²) in [7, 11) is -4.44. The molecule has 1 amide bonds. The lowest BCUT2D eigenvalue weighted by Crippen LogP contribution is -2.38. The number of carbonyl (C=O) groups is 1. The van der Waals surface area contributed by atoms with Crippen LogP contribution in [-0.2, 0) is 21.0 Å². The molecule has 0 radical (unpaired) electrons. The van der Waals surface area contributed by atoms with Gasteiger partial charge in [-0.2, -0.15) is 13.2 Å². The molecule has 0 saturated heterocycles. The predicted molar refractivity (Wildman–Crippen MR) is 145 cm³/mol. The second-order valence-electron chi connectivity index (χ2n) is 8.84. The number of carbonyl (C=O) groups excluding carboxylic acids is 1. The summed E-state index contributed by atoms with van der Waals surface area (Å²) in [4.78, 5) is 12.9. The molecule has 0 fully saturated rings. The second kappa shape index (κ2) is 9.94. The first-order chi connectivity index (χ1) is 18.4. The van der Waals surface area contributed by atoms with E-state index in [4.69, 9.17) is 16.0 Å². The fourth-order valence-electron chi connectivity index (χ4n) is 4.17. The van der Waals surface area contributed by atoms with E-state index < -0.39 is 39.2 Å². The van der Waals surface area contributed by atoms with Gasteiger partial charge in [-0.1, -0.05) is 47.5 Å². The van der Waals surface area contributed by atoms with Gasteiger partial charge in [0.05, 0.1) is 21.2 Å². The molecule has 200 valence electrons. The number of furan rings is 1. The number of hydrogen-bond donors (Lipinski definition) is 1. The largest absolute Gasteiger partial charge is 0.456 e. The van der Waals surface area contributed by atoms with Crippen molar-refractivity contribution in [3.8, 4) is 0 Å². The fraction of sp³-hybridized carbons (Fsp3) is 0.107. The number of halogens is 4. The molecule has 39 heavy (non-hydrogen) atoms. The maximum absolute atomic E-state index is 13.6. The van der Waals surface area contributed by atoms with Gasteiger partial charge in [0.25, 0.3) is 10.0 Å². The van der Waals surface area contributed by atoms with Crippen molar-refractivity contribution in [2.45, 2.75) is 18.0 Å². The van der Waals surface area contributed by atoms with E-state index in [-0.39, 0.29) is 10.6 Å². The minimum atomic E-state index is -4.84. The van der Waals surface area contributed by atoms with Crippen LogP contribution < -0.4 is 9.62 Å². The fourth-order valence-corrected chi connectivity index (χ4v) is 5.81. The Morgan fingerprint density at radius 2 is 1.62 bits per heavy atom. The van der Waals surface area contributed by atoms with Crippen LogP contribution in [0.1, 0.15) is 11.1 Å². The van der Waals surface area contributed by atoms with Gasteiger partial charge in [-0.15, -0.1) is 0 Å². The minimum absolute atomic E-state index is 0.187. The molecule has 0 aliphatic carbocycles. The van der Waals surface area contributed by atoms with Crippen LogP contribution in [-0.4, -0.2) is 20.9 Å². The minimum Gasteiger partial charge on any atom is -0.456 e. The van der Waals surface area contributed by atoms with E-state index in [1.54, 1.807) is 37.3 Å². The number of para-hydroxylation sites is 1. The van der Waals surface area contributed by atoms with Crippen LogP contribution >= 0.6 is 11.6 Å². The third kappa shape index (κ3) is 5.30. The molecule has 0 spiro atoms. The van der Waals surface area contributed by atoms with Crippen LogP contribution in [0.2, 0.25) is 5.02 Å². The van der Waals surface area contributed by atoms with Gasteiger partial charge in [-0.05, 0) is 55.5 Å². The van der Waals surface area contributed by atoms with E-state index >= 15 is 0 Å². The molecule has 1 aromatic heterocycles. The number of amides is 1. The number of nitrogens with one attached hydrogen (secondary N) is 1. The Hall–Kier alpha value is -4.02. The number of aryl methyl sites for hydroxylation is 1. The highest BCUT2D eigenvalue weighted by molar-refractivity contribution is 7.92. The number of alkyl halides is 3. The first kappa shape index (κ1) is 26.6. The van der Waals surface area contributed by atoms with E-state index in [0.29, 0.717) is 27.2 Å². The maximum Gasteiger partial charge on any atom is 0.417 e. The highest BCUT2D eigenvalue weighted by Gasteiger charge is 2.35. The topological polar surface area (TPSA) is 79.6 Å². The molecule has 5 rings (SSSR count). The lowest BCUT2D eigenvalue weighted by Gasteiger charge is -2.25. The molecule has 0 aliphatic heterocycles. The highest BCUT2D eigenvalue weighted by atomic mass is 35.5. The molecular weight excluding hydrogens is 553 g/mol. The molecule has 0 unspecified atom stereocenters. The summed E-state index contributed by atoms with van der Waals surface area (Å²) < 4.78 is 74.3. The van der Waals surface area contributed by atoms with Crippen LogP contribution in [0.5, 0.6) is 0 Å². The van der Waals surface area contributed by atoms with Crippen molar-refractivity contribution in [3.63, 3.8) is 0 Å². The Labute approximate surface area is 226 Å². The van der Waals surface area contributed by atoms with Crippen molar-refractivity contribution in [1.82, 2.24) is 0 Å².